The third-order valence-electron chi connectivity index (χ3n) is 4.38. The van der Waals surface area contributed by atoms with Crippen LogP contribution < -0.4 is 4.74 Å². The average molecular weight is 314 g/mol. The number of ether oxygens (including phenoxy) is 1. The number of hydrogen-bond acceptors (Lipinski definition) is 4. The van der Waals surface area contributed by atoms with Crippen molar-refractivity contribution in [2.75, 3.05) is 20.2 Å². The molecule has 1 fully saturated rings. The number of rotatable bonds is 4. The van der Waals surface area contributed by atoms with Gasteiger partial charge < -0.3 is 9.64 Å². The highest BCUT2D eigenvalue weighted by molar-refractivity contribution is 5.76. The second-order valence-corrected chi connectivity index (χ2v) is 5.90. The van der Waals surface area contributed by atoms with Crippen molar-refractivity contribution in [1.29, 1.82) is 0 Å². The lowest BCUT2D eigenvalue weighted by atomic mass is 9.94. The maximum atomic E-state index is 12.5. The van der Waals surface area contributed by atoms with E-state index in [1.807, 2.05) is 17.0 Å². The fourth-order valence-corrected chi connectivity index (χ4v) is 3.07. The molecular weight excluding hydrogens is 292 g/mol. The summed E-state index contributed by atoms with van der Waals surface area (Å²) in [5.41, 5.74) is 1.27. The molecule has 1 saturated heterocycles. The van der Waals surface area contributed by atoms with Crippen LogP contribution in [0.25, 0.3) is 0 Å². The van der Waals surface area contributed by atoms with Crippen molar-refractivity contribution in [2.24, 2.45) is 0 Å². The maximum Gasteiger partial charge on any atom is 0.244 e. The van der Waals surface area contributed by atoms with E-state index in [2.05, 4.69) is 22.2 Å². The lowest BCUT2D eigenvalue weighted by molar-refractivity contribution is -0.132. The molecule has 0 unspecified atom stereocenters. The molecule has 2 aromatic rings. The number of methoxy groups -OCH3 is 1. The van der Waals surface area contributed by atoms with Crippen LogP contribution in [0.1, 0.15) is 30.7 Å². The van der Waals surface area contributed by atoms with Gasteiger partial charge in [0.2, 0.25) is 5.91 Å². The van der Waals surface area contributed by atoms with Gasteiger partial charge in [0.15, 0.2) is 0 Å². The first kappa shape index (κ1) is 15.5. The predicted molar refractivity (Wildman–Crippen MR) is 86.2 cm³/mol. The first-order valence-corrected chi connectivity index (χ1v) is 8.00. The number of nitrogens with zero attached hydrogens (tertiary/aromatic N) is 4. The molecule has 0 N–H and O–H groups in total. The molecule has 1 aromatic carbocycles. The predicted octanol–water partition coefficient (Wildman–Crippen LogP) is 2.08. The second-order valence-electron chi connectivity index (χ2n) is 5.90. The highest BCUT2D eigenvalue weighted by Crippen LogP contribution is 2.28. The van der Waals surface area contributed by atoms with Gasteiger partial charge in [-0.05, 0) is 30.5 Å². The summed E-state index contributed by atoms with van der Waals surface area (Å²) in [6.45, 7) is 1.84. The number of likely N-dealkylation sites (tertiary alicyclic amines) is 1. The normalized spacial score (nSPS) is 18.5. The monoisotopic (exact) mass is 314 g/mol. The Bertz CT molecular complexity index is 625. The van der Waals surface area contributed by atoms with Crippen molar-refractivity contribution in [2.45, 2.75) is 31.7 Å². The lowest BCUT2D eigenvalue weighted by Gasteiger charge is -2.25. The molecule has 0 bridgehead atoms. The molecule has 1 aliphatic heterocycles. The summed E-state index contributed by atoms with van der Waals surface area (Å²) in [4.78, 5) is 18.4. The highest BCUT2D eigenvalue weighted by Gasteiger charge is 2.23. The van der Waals surface area contributed by atoms with Gasteiger partial charge in [-0.1, -0.05) is 18.6 Å². The minimum atomic E-state index is 0.107. The Morgan fingerprint density at radius 1 is 1.30 bits per heavy atom. The Labute approximate surface area is 136 Å². The van der Waals surface area contributed by atoms with Crippen LogP contribution in [0.2, 0.25) is 0 Å². The minimum Gasteiger partial charge on any atom is -0.497 e. The molecule has 122 valence electrons. The zero-order chi connectivity index (χ0) is 16.1. The second kappa shape index (κ2) is 7.26. The van der Waals surface area contributed by atoms with Crippen molar-refractivity contribution in [3.63, 3.8) is 0 Å². The van der Waals surface area contributed by atoms with E-state index in [1.165, 1.54) is 11.9 Å². The summed E-state index contributed by atoms with van der Waals surface area (Å²) in [7, 11) is 1.67. The van der Waals surface area contributed by atoms with E-state index in [9.17, 15) is 4.79 Å². The Kier molecular flexibility index (Phi) is 4.90. The smallest absolute Gasteiger partial charge is 0.244 e. The molecule has 0 saturated carbocycles. The van der Waals surface area contributed by atoms with Gasteiger partial charge in [-0.2, -0.15) is 5.10 Å². The number of benzene rings is 1. The molecule has 1 amide bonds. The SMILES string of the molecule is COc1ccc([C@H]2CCCCN(C(=O)Cn3cncn3)C2)cc1. The van der Waals surface area contributed by atoms with Crippen LogP contribution in [0, 0.1) is 0 Å². The topological polar surface area (TPSA) is 60.2 Å². The van der Waals surface area contributed by atoms with Gasteiger partial charge in [0.25, 0.3) is 0 Å². The van der Waals surface area contributed by atoms with Crippen molar-refractivity contribution >= 4 is 5.91 Å². The molecule has 23 heavy (non-hydrogen) atoms. The highest BCUT2D eigenvalue weighted by atomic mass is 16.5. The molecular formula is C17H22N4O2. The molecule has 6 nitrogen and oxygen atoms in total. The number of carbonyl (C=O) groups excluding carboxylic acids is 1. The van der Waals surface area contributed by atoms with Gasteiger partial charge in [0, 0.05) is 19.0 Å². The maximum absolute atomic E-state index is 12.5. The number of aromatic nitrogens is 3. The first-order valence-electron chi connectivity index (χ1n) is 8.00. The average Bonchev–Trinajstić information content (AvgIpc) is 2.96. The Morgan fingerprint density at radius 2 is 2.13 bits per heavy atom. The zero-order valence-electron chi connectivity index (χ0n) is 13.4. The van der Waals surface area contributed by atoms with Gasteiger partial charge in [-0.25, -0.2) is 9.67 Å². The Balaban J connectivity index is 1.68. The third kappa shape index (κ3) is 3.88. The molecule has 0 radical (unpaired) electrons. The van der Waals surface area contributed by atoms with Crippen LogP contribution in [0.15, 0.2) is 36.9 Å². The molecule has 1 atom stereocenters. The van der Waals surface area contributed by atoms with Gasteiger partial charge in [-0.3, -0.25) is 4.79 Å². The molecule has 0 aliphatic carbocycles. The molecule has 1 aliphatic rings. The van der Waals surface area contributed by atoms with Crippen LogP contribution in [-0.2, 0) is 11.3 Å². The summed E-state index contributed by atoms with van der Waals surface area (Å²) in [6.07, 6.45) is 6.34. The Hall–Kier alpha value is -2.37. The summed E-state index contributed by atoms with van der Waals surface area (Å²) in [6, 6.07) is 8.19. The fraction of sp³-hybridized carbons (Fsp3) is 0.471. The fourth-order valence-electron chi connectivity index (χ4n) is 3.07. The quantitative estimate of drug-likeness (QED) is 0.867. The van der Waals surface area contributed by atoms with E-state index in [0.29, 0.717) is 5.92 Å². The molecule has 2 heterocycles. The van der Waals surface area contributed by atoms with Crippen LogP contribution in [0.4, 0.5) is 0 Å². The van der Waals surface area contributed by atoms with Crippen LogP contribution in [0.5, 0.6) is 5.75 Å². The molecule has 3 rings (SSSR count). The Morgan fingerprint density at radius 3 is 2.83 bits per heavy atom. The van der Waals surface area contributed by atoms with Crippen molar-refractivity contribution < 1.29 is 9.53 Å². The zero-order valence-corrected chi connectivity index (χ0v) is 13.4. The minimum absolute atomic E-state index is 0.107. The largest absolute Gasteiger partial charge is 0.497 e. The summed E-state index contributed by atoms with van der Waals surface area (Å²) >= 11 is 0. The van der Waals surface area contributed by atoms with Gasteiger partial charge >= 0.3 is 0 Å². The van der Waals surface area contributed by atoms with E-state index in [-0.39, 0.29) is 12.5 Å². The van der Waals surface area contributed by atoms with Crippen LogP contribution in [0.3, 0.4) is 0 Å². The van der Waals surface area contributed by atoms with Gasteiger partial charge in [0.1, 0.15) is 24.9 Å². The lowest BCUT2D eigenvalue weighted by Crippen LogP contribution is -2.36. The van der Waals surface area contributed by atoms with Crippen molar-refractivity contribution in [3.8, 4) is 5.75 Å². The third-order valence-corrected chi connectivity index (χ3v) is 4.38. The standard InChI is InChI=1S/C17H22N4O2/c1-23-16-7-5-14(6-8-16)15-4-2-3-9-20(10-15)17(22)11-21-13-18-12-19-21/h5-8,12-13,15H,2-4,9-11H2,1H3/t15-/m0/s1. The van der Waals surface area contributed by atoms with E-state index in [0.717, 1.165) is 38.1 Å². The van der Waals surface area contributed by atoms with E-state index in [1.54, 1.807) is 18.1 Å². The molecule has 1 aromatic heterocycles. The van der Waals surface area contributed by atoms with Gasteiger partial charge in [0.05, 0.1) is 7.11 Å². The van der Waals surface area contributed by atoms with Crippen LogP contribution >= 0.6 is 0 Å². The summed E-state index contributed by atoms with van der Waals surface area (Å²) < 4.78 is 6.80. The molecule has 6 heteroatoms. The number of carbonyl (C=O) groups is 1. The first-order chi connectivity index (χ1) is 11.3. The summed E-state index contributed by atoms with van der Waals surface area (Å²) in [5, 5.41) is 4.01. The van der Waals surface area contributed by atoms with Crippen molar-refractivity contribution in [3.05, 3.63) is 42.5 Å². The number of amides is 1. The van der Waals surface area contributed by atoms with E-state index >= 15 is 0 Å². The summed E-state index contributed by atoms with van der Waals surface area (Å²) in [5.74, 6) is 1.35. The van der Waals surface area contributed by atoms with Gasteiger partial charge in [-0.15, -0.1) is 0 Å². The van der Waals surface area contributed by atoms with E-state index < -0.39 is 0 Å². The van der Waals surface area contributed by atoms with E-state index in [4.69, 9.17) is 4.74 Å². The van der Waals surface area contributed by atoms with Crippen molar-refractivity contribution in [1.82, 2.24) is 19.7 Å². The number of hydrogen-bond donors (Lipinski definition) is 0. The van der Waals surface area contributed by atoms with Crippen LogP contribution in [-0.4, -0.2) is 45.8 Å². The molecule has 0 spiro atoms.